The van der Waals surface area contributed by atoms with Gasteiger partial charge in [0.1, 0.15) is 0 Å². The normalized spacial score (nSPS) is 26.7. The zero-order valence-electron chi connectivity index (χ0n) is 8.71. The van der Waals surface area contributed by atoms with Gasteiger partial charge in [0.25, 0.3) is 0 Å². The number of rotatable bonds is 2. The summed E-state index contributed by atoms with van der Waals surface area (Å²) in [4.78, 5) is 22.5. The molecule has 0 unspecified atom stereocenters. The van der Waals surface area contributed by atoms with E-state index in [-0.39, 0.29) is 23.7 Å². The van der Waals surface area contributed by atoms with E-state index >= 15 is 0 Å². The molecule has 1 rings (SSSR count). The molecule has 0 bridgehead atoms. The number of ether oxygens (including phenoxy) is 1. The second kappa shape index (κ2) is 4.98. The zero-order chi connectivity index (χ0) is 10.6. The second-order valence-electron chi connectivity index (χ2n) is 3.69. The first-order chi connectivity index (χ1) is 6.69. The Bertz CT molecular complexity index is 195. The molecule has 1 fully saturated rings. The van der Waals surface area contributed by atoms with Crippen molar-refractivity contribution in [3.8, 4) is 0 Å². The van der Waals surface area contributed by atoms with Gasteiger partial charge in [-0.05, 0) is 25.7 Å². The number of nitrogens with one attached hydrogen (secondary N) is 1. The Hall–Kier alpha value is -1.06. The molecule has 0 aromatic carbocycles. The lowest BCUT2D eigenvalue weighted by Crippen LogP contribution is -2.32. The number of methoxy groups -OCH3 is 1. The zero-order valence-corrected chi connectivity index (χ0v) is 8.71. The van der Waals surface area contributed by atoms with Crippen LogP contribution in [0.5, 0.6) is 0 Å². The monoisotopic (exact) mass is 199 g/mol. The Kier molecular flexibility index (Phi) is 3.92. The SMILES string of the molecule is CNC(=O)[C@H]1CC[C@H](C(=O)OC)CC1. The Morgan fingerprint density at radius 3 is 2.07 bits per heavy atom. The van der Waals surface area contributed by atoms with Gasteiger partial charge in [-0.3, -0.25) is 9.59 Å². The molecule has 1 amide bonds. The van der Waals surface area contributed by atoms with Crippen LogP contribution in [-0.2, 0) is 14.3 Å². The van der Waals surface area contributed by atoms with Gasteiger partial charge in [-0.25, -0.2) is 0 Å². The van der Waals surface area contributed by atoms with E-state index in [2.05, 4.69) is 10.1 Å². The van der Waals surface area contributed by atoms with Crippen LogP contribution in [-0.4, -0.2) is 26.0 Å². The lowest BCUT2D eigenvalue weighted by molar-refractivity contribution is -0.147. The first-order valence-corrected chi connectivity index (χ1v) is 4.98. The lowest BCUT2D eigenvalue weighted by atomic mass is 9.81. The highest BCUT2D eigenvalue weighted by Gasteiger charge is 2.29. The summed E-state index contributed by atoms with van der Waals surface area (Å²) < 4.78 is 4.67. The maximum Gasteiger partial charge on any atom is 0.308 e. The molecular formula is C10H17NO3. The Morgan fingerprint density at radius 1 is 1.14 bits per heavy atom. The van der Waals surface area contributed by atoms with Crippen LogP contribution in [0, 0.1) is 11.8 Å². The lowest BCUT2D eigenvalue weighted by Gasteiger charge is -2.25. The van der Waals surface area contributed by atoms with E-state index in [4.69, 9.17) is 0 Å². The van der Waals surface area contributed by atoms with Crippen molar-refractivity contribution in [2.45, 2.75) is 25.7 Å². The van der Waals surface area contributed by atoms with Gasteiger partial charge in [0.15, 0.2) is 0 Å². The number of amides is 1. The summed E-state index contributed by atoms with van der Waals surface area (Å²) in [6.45, 7) is 0. The van der Waals surface area contributed by atoms with Crippen molar-refractivity contribution in [3.05, 3.63) is 0 Å². The molecule has 0 aromatic heterocycles. The minimum absolute atomic E-state index is 0.000839. The molecule has 0 aliphatic heterocycles. The van der Waals surface area contributed by atoms with Crippen molar-refractivity contribution in [2.24, 2.45) is 11.8 Å². The van der Waals surface area contributed by atoms with Crippen LogP contribution in [0.15, 0.2) is 0 Å². The highest BCUT2D eigenvalue weighted by atomic mass is 16.5. The van der Waals surface area contributed by atoms with Crippen molar-refractivity contribution < 1.29 is 14.3 Å². The summed E-state index contributed by atoms with van der Waals surface area (Å²) in [7, 11) is 3.06. The van der Waals surface area contributed by atoms with Crippen molar-refractivity contribution in [3.63, 3.8) is 0 Å². The highest BCUT2D eigenvalue weighted by molar-refractivity contribution is 5.79. The Balaban J connectivity index is 2.38. The third-order valence-corrected chi connectivity index (χ3v) is 2.88. The maximum absolute atomic E-state index is 11.3. The maximum atomic E-state index is 11.3. The quantitative estimate of drug-likeness (QED) is 0.666. The fourth-order valence-electron chi connectivity index (χ4n) is 1.96. The number of carbonyl (C=O) groups excluding carboxylic acids is 2. The van der Waals surface area contributed by atoms with E-state index in [0.29, 0.717) is 0 Å². The summed E-state index contributed by atoms with van der Waals surface area (Å²) >= 11 is 0. The van der Waals surface area contributed by atoms with Crippen molar-refractivity contribution in [1.82, 2.24) is 5.32 Å². The van der Waals surface area contributed by atoms with Crippen LogP contribution < -0.4 is 5.32 Å². The van der Waals surface area contributed by atoms with Gasteiger partial charge in [0, 0.05) is 13.0 Å². The number of hydrogen-bond donors (Lipinski definition) is 1. The average molecular weight is 199 g/mol. The van der Waals surface area contributed by atoms with Crippen LogP contribution >= 0.6 is 0 Å². The van der Waals surface area contributed by atoms with Gasteiger partial charge in [-0.2, -0.15) is 0 Å². The molecule has 1 N–H and O–H groups in total. The van der Waals surface area contributed by atoms with Crippen LogP contribution in [0.4, 0.5) is 0 Å². The van der Waals surface area contributed by atoms with Crippen molar-refractivity contribution in [2.75, 3.05) is 14.2 Å². The molecule has 1 aliphatic rings. The molecule has 0 atom stereocenters. The molecule has 14 heavy (non-hydrogen) atoms. The molecule has 4 nitrogen and oxygen atoms in total. The molecule has 1 aliphatic carbocycles. The van der Waals surface area contributed by atoms with E-state index in [1.807, 2.05) is 0 Å². The van der Waals surface area contributed by atoms with Crippen LogP contribution in [0.1, 0.15) is 25.7 Å². The van der Waals surface area contributed by atoms with Crippen LogP contribution in [0.2, 0.25) is 0 Å². The van der Waals surface area contributed by atoms with Gasteiger partial charge in [0.05, 0.1) is 13.0 Å². The molecule has 0 heterocycles. The van der Waals surface area contributed by atoms with Crippen LogP contribution in [0.25, 0.3) is 0 Å². The smallest absolute Gasteiger partial charge is 0.308 e. The summed E-state index contributed by atoms with van der Waals surface area (Å²) in [5.74, 6) is 0.0375. The van der Waals surface area contributed by atoms with Gasteiger partial charge in [0.2, 0.25) is 5.91 Å². The molecule has 1 saturated carbocycles. The fraction of sp³-hybridized carbons (Fsp3) is 0.800. The topological polar surface area (TPSA) is 55.4 Å². The predicted molar refractivity (Wildman–Crippen MR) is 51.5 cm³/mol. The van der Waals surface area contributed by atoms with Gasteiger partial charge in [-0.1, -0.05) is 0 Å². The highest BCUT2D eigenvalue weighted by Crippen LogP contribution is 2.29. The molecule has 80 valence electrons. The fourth-order valence-corrected chi connectivity index (χ4v) is 1.96. The van der Waals surface area contributed by atoms with Gasteiger partial charge in [-0.15, -0.1) is 0 Å². The van der Waals surface area contributed by atoms with Crippen LogP contribution in [0.3, 0.4) is 0 Å². The molecule has 0 spiro atoms. The Morgan fingerprint density at radius 2 is 1.64 bits per heavy atom. The van der Waals surface area contributed by atoms with Crippen molar-refractivity contribution in [1.29, 1.82) is 0 Å². The van der Waals surface area contributed by atoms with Crippen molar-refractivity contribution >= 4 is 11.9 Å². The third kappa shape index (κ3) is 2.47. The second-order valence-corrected chi connectivity index (χ2v) is 3.69. The van der Waals surface area contributed by atoms with E-state index in [1.54, 1.807) is 7.05 Å². The summed E-state index contributed by atoms with van der Waals surface area (Å²) in [6.07, 6.45) is 3.12. The van der Waals surface area contributed by atoms with Gasteiger partial charge < -0.3 is 10.1 Å². The third-order valence-electron chi connectivity index (χ3n) is 2.88. The molecule has 0 aromatic rings. The molecule has 0 radical (unpaired) electrons. The largest absolute Gasteiger partial charge is 0.469 e. The molecular weight excluding hydrogens is 182 g/mol. The van der Waals surface area contributed by atoms with E-state index in [9.17, 15) is 9.59 Å². The first-order valence-electron chi connectivity index (χ1n) is 4.98. The minimum Gasteiger partial charge on any atom is -0.469 e. The standard InChI is InChI=1S/C10H17NO3/c1-11-9(12)7-3-5-8(6-4-7)10(13)14-2/h7-8H,3-6H2,1-2H3,(H,11,12)/t7-,8-. The minimum atomic E-state index is -0.139. The molecule has 4 heteroatoms. The van der Waals surface area contributed by atoms with E-state index < -0.39 is 0 Å². The average Bonchev–Trinajstić information content (AvgIpc) is 2.27. The number of carbonyl (C=O) groups is 2. The van der Waals surface area contributed by atoms with Gasteiger partial charge >= 0.3 is 5.97 Å². The van der Waals surface area contributed by atoms with E-state index in [0.717, 1.165) is 25.7 Å². The number of hydrogen-bond acceptors (Lipinski definition) is 3. The summed E-state index contributed by atoms with van der Waals surface area (Å²) in [5, 5.41) is 2.64. The molecule has 0 saturated heterocycles. The first kappa shape index (κ1) is 11.0. The van der Waals surface area contributed by atoms with E-state index in [1.165, 1.54) is 7.11 Å². The number of esters is 1. The predicted octanol–water partition coefficient (Wildman–Crippen LogP) is 0.712. The summed E-state index contributed by atoms with van der Waals surface area (Å²) in [5.41, 5.74) is 0. The summed E-state index contributed by atoms with van der Waals surface area (Å²) in [6, 6.07) is 0. The Labute approximate surface area is 84.0 Å².